The molecule has 0 spiro atoms. The highest BCUT2D eigenvalue weighted by atomic mass is 16.5. The fourth-order valence-electron chi connectivity index (χ4n) is 3.11. The Morgan fingerprint density at radius 2 is 1.60 bits per heavy atom. The highest BCUT2D eigenvalue weighted by Gasteiger charge is 2.22. The lowest BCUT2D eigenvalue weighted by molar-refractivity contribution is 0.277. The Hall–Kier alpha value is -2.28. The summed E-state index contributed by atoms with van der Waals surface area (Å²) in [7, 11) is 0. The Morgan fingerprint density at radius 3 is 2.55 bits per heavy atom. The third-order valence-corrected chi connectivity index (χ3v) is 4.13. The molecule has 1 aliphatic rings. The van der Waals surface area contributed by atoms with Crippen LogP contribution in [0.5, 0.6) is 5.75 Å². The molecule has 20 heavy (non-hydrogen) atoms. The number of ether oxygens (including phenoxy) is 1. The van der Waals surface area contributed by atoms with E-state index in [0.717, 1.165) is 18.8 Å². The second-order valence-electron chi connectivity index (χ2n) is 5.33. The SMILES string of the molecule is c1ccc2c(c1)OCCC2c1ccc2ccccc2c1. The molecular weight excluding hydrogens is 244 g/mol. The van der Waals surface area contributed by atoms with Crippen LogP contribution in [-0.4, -0.2) is 6.61 Å². The average molecular weight is 260 g/mol. The van der Waals surface area contributed by atoms with Gasteiger partial charge in [0.2, 0.25) is 0 Å². The van der Waals surface area contributed by atoms with Crippen LogP contribution in [0.1, 0.15) is 23.5 Å². The molecule has 1 heterocycles. The van der Waals surface area contributed by atoms with Crippen LogP contribution in [0.25, 0.3) is 10.8 Å². The van der Waals surface area contributed by atoms with E-state index < -0.39 is 0 Å². The minimum absolute atomic E-state index is 0.449. The summed E-state index contributed by atoms with van der Waals surface area (Å²) in [5.41, 5.74) is 2.70. The Balaban J connectivity index is 1.84. The average Bonchev–Trinajstić information content (AvgIpc) is 2.54. The van der Waals surface area contributed by atoms with Crippen molar-refractivity contribution in [3.8, 4) is 5.75 Å². The van der Waals surface area contributed by atoms with Gasteiger partial charge in [-0.3, -0.25) is 0 Å². The van der Waals surface area contributed by atoms with Crippen molar-refractivity contribution in [2.24, 2.45) is 0 Å². The minimum atomic E-state index is 0.449. The van der Waals surface area contributed by atoms with E-state index in [4.69, 9.17) is 4.74 Å². The van der Waals surface area contributed by atoms with Crippen molar-refractivity contribution < 1.29 is 4.74 Å². The van der Waals surface area contributed by atoms with Gasteiger partial charge in [-0.25, -0.2) is 0 Å². The number of hydrogen-bond donors (Lipinski definition) is 0. The number of para-hydroxylation sites is 1. The fourth-order valence-corrected chi connectivity index (χ4v) is 3.11. The number of fused-ring (bicyclic) bond motifs is 2. The first-order valence-electron chi connectivity index (χ1n) is 7.12. The van der Waals surface area contributed by atoms with Crippen LogP contribution in [0.2, 0.25) is 0 Å². The largest absolute Gasteiger partial charge is 0.493 e. The molecule has 0 saturated heterocycles. The van der Waals surface area contributed by atoms with Crippen LogP contribution in [0.3, 0.4) is 0 Å². The van der Waals surface area contributed by atoms with E-state index in [2.05, 4.69) is 60.7 Å². The summed E-state index contributed by atoms with van der Waals surface area (Å²) in [6, 6.07) is 23.7. The van der Waals surface area contributed by atoms with Crippen LogP contribution in [-0.2, 0) is 0 Å². The second-order valence-corrected chi connectivity index (χ2v) is 5.33. The smallest absolute Gasteiger partial charge is 0.123 e. The van der Waals surface area contributed by atoms with Crippen LogP contribution in [0, 0.1) is 0 Å². The summed E-state index contributed by atoms with van der Waals surface area (Å²) < 4.78 is 5.76. The van der Waals surface area contributed by atoms with E-state index in [-0.39, 0.29) is 0 Å². The molecule has 0 radical (unpaired) electrons. The van der Waals surface area contributed by atoms with Crippen molar-refractivity contribution in [3.05, 3.63) is 77.9 Å². The third-order valence-electron chi connectivity index (χ3n) is 4.13. The molecule has 3 aromatic carbocycles. The molecule has 0 fully saturated rings. The van der Waals surface area contributed by atoms with Gasteiger partial charge in [0, 0.05) is 11.5 Å². The molecule has 1 aliphatic heterocycles. The molecule has 1 heteroatoms. The predicted octanol–water partition coefficient (Wildman–Crippen LogP) is 4.75. The summed E-state index contributed by atoms with van der Waals surface area (Å²) in [6.45, 7) is 0.800. The van der Waals surface area contributed by atoms with Crippen LogP contribution < -0.4 is 4.74 Å². The number of rotatable bonds is 1. The maximum atomic E-state index is 5.76. The summed E-state index contributed by atoms with van der Waals surface area (Å²) in [4.78, 5) is 0. The van der Waals surface area contributed by atoms with Crippen LogP contribution in [0.15, 0.2) is 66.7 Å². The zero-order valence-electron chi connectivity index (χ0n) is 11.3. The van der Waals surface area contributed by atoms with Crippen LogP contribution in [0.4, 0.5) is 0 Å². The zero-order valence-corrected chi connectivity index (χ0v) is 11.3. The van der Waals surface area contributed by atoms with Gasteiger partial charge in [0.05, 0.1) is 6.61 Å². The molecule has 0 aromatic heterocycles. The van der Waals surface area contributed by atoms with Gasteiger partial charge in [-0.05, 0) is 28.8 Å². The molecule has 98 valence electrons. The maximum Gasteiger partial charge on any atom is 0.123 e. The van der Waals surface area contributed by atoms with E-state index in [0.29, 0.717) is 5.92 Å². The summed E-state index contributed by atoms with van der Waals surface area (Å²) in [6.07, 6.45) is 1.05. The summed E-state index contributed by atoms with van der Waals surface area (Å²) in [5, 5.41) is 2.62. The van der Waals surface area contributed by atoms with Gasteiger partial charge in [0.15, 0.2) is 0 Å². The van der Waals surface area contributed by atoms with Crippen molar-refractivity contribution >= 4 is 10.8 Å². The fraction of sp³-hybridized carbons (Fsp3) is 0.158. The normalized spacial score (nSPS) is 17.5. The topological polar surface area (TPSA) is 9.23 Å². The Labute approximate surface area is 118 Å². The Morgan fingerprint density at radius 1 is 0.800 bits per heavy atom. The molecule has 0 N–H and O–H groups in total. The van der Waals surface area contributed by atoms with Gasteiger partial charge in [0.1, 0.15) is 5.75 Å². The highest BCUT2D eigenvalue weighted by Crippen LogP contribution is 2.38. The second kappa shape index (κ2) is 4.68. The van der Waals surface area contributed by atoms with Crippen molar-refractivity contribution in [1.82, 2.24) is 0 Å². The first-order chi connectivity index (χ1) is 9.92. The molecule has 1 unspecified atom stereocenters. The van der Waals surface area contributed by atoms with Gasteiger partial charge in [-0.15, -0.1) is 0 Å². The molecule has 0 saturated carbocycles. The van der Waals surface area contributed by atoms with E-state index in [9.17, 15) is 0 Å². The standard InChI is InChI=1S/C19H16O/c1-2-6-15-13-16(10-9-14(15)5-1)17-11-12-20-19-8-4-3-7-18(17)19/h1-10,13,17H,11-12H2. The highest BCUT2D eigenvalue weighted by molar-refractivity contribution is 5.83. The van der Waals surface area contributed by atoms with Gasteiger partial charge >= 0.3 is 0 Å². The van der Waals surface area contributed by atoms with E-state index >= 15 is 0 Å². The lowest BCUT2D eigenvalue weighted by Crippen LogP contribution is -2.14. The van der Waals surface area contributed by atoms with Crippen molar-refractivity contribution in [2.45, 2.75) is 12.3 Å². The van der Waals surface area contributed by atoms with E-state index in [1.807, 2.05) is 6.07 Å². The van der Waals surface area contributed by atoms with Gasteiger partial charge < -0.3 is 4.74 Å². The zero-order chi connectivity index (χ0) is 13.4. The Bertz CT molecular complexity index is 760. The molecule has 0 aliphatic carbocycles. The van der Waals surface area contributed by atoms with Crippen molar-refractivity contribution in [3.63, 3.8) is 0 Å². The summed E-state index contributed by atoms with van der Waals surface area (Å²) in [5.74, 6) is 1.49. The molecule has 0 amide bonds. The quantitative estimate of drug-likeness (QED) is 0.613. The predicted molar refractivity (Wildman–Crippen MR) is 82.3 cm³/mol. The molecular formula is C19H16O. The maximum absolute atomic E-state index is 5.76. The first-order valence-corrected chi connectivity index (χ1v) is 7.12. The van der Waals surface area contributed by atoms with Crippen molar-refractivity contribution in [1.29, 1.82) is 0 Å². The lowest BCUT2D eigenvalue weighted by Gasteiger charge is -2.26. The summed E-state index contributed by atoms with van der Waals surface area (Å²) >= 11 is 0. The first kappa shape index (κ1) is 11.5. The van der Waals surface area contributed by atoms with Gasteiger partial charge in [0.25, 0.3) is 0 Å². The van der Waals surface area contributed by atoms with Gasteiger partial charge in [-0.2, -0.15) is 0 Å². The minimum Gasteiger partial charge on any atom is -0.493 e. The van der Waals surface area contributed by atoms with Crippen LogP contribution >= 0.6 is 0 Å². The van der Waals surface area contributed by atoms with E-state index in [1.54, 1.807) is 0 Å². The molecule has 0 bridgehead atoms. The molecule has 4 rings (SSSR count). The Kier molecular flexibility index (Phi) is 2.70. The number of hydrogen-bond acceptors (Lipinski definition) is 1. The van der Waals surface area contributed by atoms with E-state index in [1.165, 1.54) is 21.9 Å². The number of benzene rings is 3. The molecule has 3 aromatic rings. The lowest BCUT2D eigenvalue weighted by atomic mass is 9.86. The third kappa shape index (κ3) is 1.87. The molecule has 1 atom stereocenters. The monoisotopic (exact) mass is 260 g/mol. The van der Waals surface area contributed by atoms with Gasteiger partial charge in [-0.1, -0.05) is 60.7 Å². The van der Waals surface area contributed by atoms with Crippen molar-refractivity contribution in [2.75, 3.05) is 6.61 Å². The molecule has 1 nitrogen and oxygen atoms in total.